The van der Waals surface area contributed by atoms with Crippen LogP contribution in [0.4, 0.5) is 0 Å². The molecule has 9 nitrogen and oxygen atoms in total. The van der Waals surface area contributed by atoms with Crippen molar-refractivity contribution in [1.82, 2.24) is 10.6 Å². The molecule has 1 amide bonds. The van der Waals surface area contributed by atoms with Crippen LogP contribution in [0.25, 0.3) is 0 Å². The number of carbonyl (C=O) groups is 1. The zero-order valence-corrected chi connectivity index (χ0v) is 21.9. The average molecular weight is 540 g/mol. The fraction of sp³-hybridized carbons (Fsp3) is 0.680. The largest absolute Gasteiger partial charge is 0.388 e. The Labute approximate surface area is 220 Å². The Kier molecular flexibility index (Phi) is 9.18. The van der Waals surface area contributed by atoms with Crippen molar-refractivity contribution in [2.24, 2.45) is 5.92 Å². The number of amides is 1. The standard InChI is InChI=1S/C25H34ClN3O6S/c1-12(26)17(23-20(31)19(30)21(32)25(35-23)36-2)29-24(33)18-22-16(11-28-18)9-15(7-8-34-22)14-5-3-13(10-27)4-6-14/h3-6,12,15-23,25,28,30-32H,7-9,11H2,1-2H3,(H,29,33). The summed E-state index contributed by atoms with van der Waals surface area (Å²) >= 11 is 7.62. The van der Waals surface area contributed by atoms with E-state index in [9.17, 15) is 20.1 Å². The summed E-state index contributed by atoms with van der Waals surface area (Å²) in [5, 5.41) is 45.8. The van der Waals surface area contributed by atoms with E-state index < -0.39 is 47.3 Å². The third kappa shape index (κ3) is 5.69. The first kappa shape index (κ1) is 27.6. The second-order valence-electron chi connectivity index (χ2n) is 9.82. The number of alkyl halides is 1. The molecule has 11 unspecified atom stereocenters. The molecule has 11 atom stereocenters. The second-order valence-corrected chi connectivity index (χ2v) is 11.4. The summed E-state index contributed by atoms with van der Waals surface area (Å²) in [5.41, 5.74) is 1.03. The number of aliphatic hydroxyl groups excluding tert-OH is 3. The van der Waals surface area contributed by atoms with E-state index in [4.69, 9.17) is 26.3 Å². The molecule has 1 aromatic carbocycles. The van der Waals surface area contributed by atoms with Gasteiger partial charge >= 0.3 is 0 Å². The summed E-state index contributed by atoms with van der Waals surface area (Å²) in [6.45, 7) is 2.82. The van der Waals surface area contributed by atoms with Crippen molar-refractivity contribution in [2.75, 3.05) is 19.4 Å². The monoisotopic (exact) mass is 539 g/mol. The van der Waals surface area contributed by atoms with E-state index in [2.05, 4.69) is 16.7 Å². The van der Waals surface area contributed by atoms with Crippen LogP contribution in [0.2, 0.25) is 0 Å². The van der Waals surface area contributed by atoms with Gasteiger partial charge in [-0.3, -0.25) is 4.79 Å². The number of rotatable bonds is 6. The Morgan fingerprint density at radius 1 is 1.25 bits per heavy atom. The van der Waals surface area contributed by atoms with Crippen LogP contribution in [0.3, 0.4) is 0 Å². The van der Waals surface area contributed by atoms with Crippen molar-refractivity contribution in [3.05, 3.63) is 35.4 Å². The van der Waals surface area contributed by atoms with Crippen LogP contribution in [0, 0.1) is 17.2 Å². The second kappa shape index (κ2) is 12.0. The number of thioether (sulfide) groups is 1. The van der Waals surface area contributed by atoms with E-state index in [1.54, 1.807) is 13.2 Å². The normalized spacial score (nSPS) is 38.3. The van der Waals surface area contributed by atoms with Gasteiger partial charge in [0.15, 0.2) is 0 Å². The van der Waals surface area contributed by atoms with Gasteiger partial charge in [0, 0.05) is 19.1 Å². The van der Waals surface area contributed by atoms with Gasteiger partial charge in [0.05, 0.1) is 29.2 Å². The number of benzene rings is 1. The maximum absolute atomic E-state index is 13.4. The first-order valence-electron chi connectivity index (χ1n) is 12.3. The summed E-state index contributed by atoms with van der Waals surface area (Å²) in [7, 11) is 0. The number of ether oxygens (including phenoxy) is 2. The predicted molar refractivity (Wildman–Crippen MR) is 136 cm³/mol. The van der Waals surface area contributed by atoms with Crippen LogP contribution in [-0.2, 0) is 14.3 Å². The third-order valence-corrected chi connectivity index (χ3v) is 8.67. The summed E-state index contributed by atoms with van der Waals surface area (Å²) < 4.78 is 12.0. The molecular weight excluding hydrogens is 506 g/mol. The molecule has 3 aliphatic rings. The molecule has 1 aromatic rings. The number of nitrogens with one attached hydrogen (secondary N) is 2. The molecule has 0 bridgehead atoms. The minimum atomic E-state index is -1.42. The molecule has 4 rings (SSSR count). The van der Waals surface area contributed by atoms with E-state index >= 15 is 0 Å². The van der Waals surface area contributed by atoms with Gasteiger partial charge in [0.1, 0.15) is 35.9 Å². The quantitative estimate of drug-likeness (QED) is 0.330. The smallest absolute Gasteiger partial charge is 0.240 e. The number of carbonyl (C=O) groups excluding carboxylic acids is 1. The topological polar surface area (TPSA) is 144 Å². The van der Waals surface area contributed by atoms with E-state index in [-0.39, 0.29) is 23.8 Å². The van der Waals surface area contributed by atoms with Crippen LogP contribution < -0.4 is 10.6 Å². The van der Waals surface area contributed by atoms with Crippen LogP contribution in [-0.4, -0.2) is 94.1 Å². The fourth-order valence-electron chi connectivity index (χ4n) is 5.51. The number of halogens is 1. The summed E-state index contributed by atoms with van der Waals surface area (Å²) in [6, 6.07) is 8.38. The SMILES string of the molecule is CSC1OC(C(NC(=O)C2NCC3CC(c4ccc(C#N)cc4)CCOC32)C(C)Cl)C(O)C(O)C1O. The molecule has 0 radical (unpaired) electrons. The van der Waals surface area contributed by atoms with Crippen molar-refractivity contribution in [2.45, 2.75) is 79.1 Å². The molecule has 0 aromatic heterocycles. The lowest BCUT2D eigenvalue weighted by Gasteiger charge is -2.44. The maximum Gasteiger partial charge on any atom is 0.240 e. The van der Waals surface area contributed by atoms with Gasteiger partial charge in [-0.25, -0.2) is 0 Å². The van der Waals surface area contributed by atoms with Gasteiger partial charge in [-0.1, -0.05) is 12.1 Å². The highest BCUT2D eigenvalue weighted by Crippen LogP contribution is 2.36. The van der Waals surface area contributed by atoms with Gasteiger partial charge in [-0.05, 0) is 49.6 Å². The zero-order valence-electron chi connectivity index (χ0n) is 20.3. The molecule has 11 heteroatoms. The van der Waals surface area contributed by atoms with E-state index in [0.29, 0.717) is 18.7 Å². The number of fused-ring (bicyclic) bond motifs is 1. The molecular formula is C25H34ClN3O6S. The van der Waals surface area contributed by atoms with Gasteiger partial charge in [0.25, 0.3) is 0 Å². The van der Waals surface area contributed by atoms with Crippen molar-refractivity contribution < 1.29 is 29.6 Å². The predicted octanol–water partition coefficient (Wildman–Crippen LogP) is 0.692. The van der Waals surface area contributed by atoms with E-state index in [1.165, 1.54) is 11.8 Å². The summed E-state index contributed by atoms with van der Waals surface area (Å²) in [4.78, 5) is 13.4. The average Bonchev–Trinajstić information content (AvgIpc) is 3.16. The summed E-state index contributed by atoms with van der Waals surface area (Å²) in [5.74, 6) is 0.0909. The molecule has 0 spiro atoms. The highest BCUT2D eigenvalue weighted by atomic mass is 35.5. The molecule has 0 saturated carbocycles. The molecule has 3 saturated heterocycles. The van der Waals surface area contributed by atoms with Crippen molar-refractivity contribution in [3.8, 4) is 6.07 Å². The van der Waals surface area contributed by atoms with Gasteiger partial charge in [-0.15, -0.1) is 23.4 Å². The molecule has 3 fully saturated rings. The molecule has 36 heavy (non-hydrogen) atoms. The minimum Gasteiger partial charge on any atom is -0.388 e. The number of hydrogen-bond acceptors (Lipinski definition) is 9. The van der Waals surface area contributed by atoms with E-state index in [1.807, 2.05) is 24.3 Å². The molecule has 3 aliphatic heterocycles. The lowest BCUT2D eigenvalue weighted by Crippen LogP contribution is -2.65. The Morgan fingerprint density at radius 3 is 2.61 bits per heavy atom. The summed E-state index contributed by atoms with van der Waals surface area (Å²) in [6.07, 6.45) is -2.00. The lowest BCUT2D eigenvalue weighted by molar-refractivity contribution is -0.205. The van der Waals surface area contributed by atoms with Crippen molar-refractivity contribution in [1.29, 1.82) is 5.26 Å². The number of nitriles is 1. The Hall–Kier alpha value is -1.42. The third-order valence-electron chi connectivity index (χ3n) is 7.55. The van der Waals surface area contributed by atoms with Crippen LogP contribution in [0.5, 0.6) is 0 Å². The molecule has 3 heterocycles. The van der Waals surface area contributed by atoms with E-state index in [0.717, 1.165) is 18.4 Å². The highest BCUT2D eigenvalue weighted by Gasteiger charge is 2.49. The van der Waals surface area contributed by atoms with Gasteiger partial charge < -0.3 is 35.4 Å². The Morgan fingerprint density at radius 2 is 1.97 bits per heavy atom. The minimum absolute atomic E-state index is 0.130. The lowest BCUT2D eigenvalue weighted by atomic mass is 9.85. The van der Waals surface area contributed by atoms with Crippen LogP contribution in [0.15, 0.2) is 24.3 Å². The Bertz CT molecular complexity index is 945. The number of aliphatic hydroxyl groups is 3. The maximum atomic E-state index is 13.4. The first-order valence-corrected chi connectivity index (χ1v) is 14.0. The van der Waals surface area contributed by atoms with Crippen LogP contribution >= 0.6 is 23.4 Å². The Balaban J connectivity index is 1.43. The molecule has 0 aliphatic carbocycles. The zero-order chi connectivity index (χ0) is 26.0. The number of hydrogen-bond donors (Lipinski definition) is 5. The van der Waals surface area contributed by atoms with Gasteiger partial charge in [0.2, 0.25) is 5.91 Å². The van der Waals surface area contributed by atoms with Crippen molar-refractivity contribution >= 4 is 29.3 Å². The van der Waals surface area contributed by atoms with Gasteiger partial charge in [-0.2, -0.15) is 5.26 Å². The molecule has 5 N–H and O–H groups in total. The van der Waals surface area contributed by atoms with Crippen LogP contribution in [0.1, 0.15) is 36.8 Å². The fourth-order valence-corrected chi connectivity index (χ4v) is 6.40. The highest BCUT2D eigenvalue weighted by molar-refractivity contribution is 7.99. The number of nitrogens with zero attached hydrogens (tertiary/aromatic N) is 1. The van der Waals surface area contributed by atoms with Crippen molar-refractivity contribution in [3.63, 3.8) is 0 Å². The molecule has 198 valence electrons. The first-order chi connectivity index (χ1) is 17.2.